The Morgan fingerprint density at radius 3 is 2.19 bits per heavy atom. The van der Waals surface area contributed by atoms with Crippen LogP contribution in [0.2, 0.25) is 0 Å². The number of benzene rings is 1. The first-order chi connectivity index (χ1) is 12.8. The van der Waals surface area contributed by atoms with Crippen LogP contribution in [0.25, 0.3) is 0 Å². The molecular formula is C19H29N3O4S. The van der Waals surface area contributed by atoms with Gasteiger partial charge in [-0.3, -0.25) is 9.10 Å². The molecule has 0 aliphatic heterocycles. The molecule has 1 saturated carbocycles. The molecule has 27 heavy (non-hydrogen) atoms. The van der Waals surface area contributed by atoms with Gasteiger partial charge < -0.3 is 4.74 Å². The Labute approximate surface area is 161 Å². The number of sulfonamides is 1. The average Bonchev–Trinajstić information content (AvgIpc) is 2.60. The Kier molecular flexibility index (Phi) is 7.65. The fraction of sp³-hybridized carbons (Fsp3) is 0.579. The lowest BCUT2D eigenvalue weighted by Crippen LogP contribution is -2.46. The van der Waals surface area contributed by atoms with Crippen molar-refractivity contribution in [2.24, 2.45) is 5.10 Å². The first-order valence-electron chi connectivity index (χ1n) is 9.31. The quantitative estimate of drug-likeness (QED) is 0.750. The molecule has 1 fully saturated rings. The second-order valence-corrected chi connectivity index (χ2v) is 8.71. The van der Waals surface area contributed by atoms with Gasteiger partial charge in [-0.2, -0.15) is 5.10 Å². The second kappa shape index (κ2) is 9.73. The van der Waals surface area contributed by atoms with E-state index in [1.807, 2.05) is 0 Å². The third-order valence-corrected chi connectivity index (χ3v) is 5.91. The minimum absolute atomic E-state index is 0.402. The summed E-state index contributed by atoms with van der Waals surface area (Å²) in [7, 11) is -2.12. The van der Waals surface area contributed by atoms with Gasteiger partial charge in [0, 0.05) is 5.71 Å². The van der Waals surface area contributed by atoms with Gasteiger partial charge in [-0.1, -0.05) is 19.3 Å². The number of anilines is 1. The first kappa shape index (κ1) is 21.2. The largest absolute Gasteiger partial charge is 0.497 e. The summed E-state index contributed by atoms with van der Waals surface area (Å²) in [4.78, 5) is 12.6. The van der Waals surface area contributed by atoms with Crippen LogP contribution >= 0.6 is 0 Å². The van der Waals surface area contributed by atoms with Crippen molar-refractivity contribution >= 4 is 27.3 Å². The standard InChI is InChI=1S/C19H29N3O4S/c1-15(19(23)21-20-16-9-7-5-4-6-8-10-16)22(27(3,24)25)17-11-13-18(26-2)14-12-17/h11-15H,4-10H2,1-3H3,(H,21,23)/t15-/m1/s1. The molecule has 1 aliphatic carbocycles. The zero-order chi connectivity index (χ0) is 19.9. The van der Waals surface area contributed by atoms with Crippen molar-refractivity contribution in [2.45, 2.75) is 57.9 Å². The molecular weight excluding hydrogens is 366 g/mol. The van der Waals surface area contributed by atoms with Gasteiger partial charge >= 0.3 is 0 Å². The van der Waals surface area contributed by atoms with Gasteiger partial charge in [0.25, 0.3) is 5.91 Å². The smallest absolute Gasteiger partial charge is 0.263 e. The molecule has 0 radical (unpaired) electrons. The summed E-state index contributed by atoms with van der Waals surface area (Å²) in [5, 5.41) is 4.27. The number of hydrazone groups is 1. The van der Waals surface area contributed by atoms with Crippen molar-refractivity contribution in [3.05, 3.63) is 24.3 Å². The number of amides is 1. The van der Waals surface area contributed by atoms with Crippen LogP contribution in [0.3, 0.4) is 0 Å². The van der Waals surface area contributed by atoms with Crippen LogP contribution in [-0.4, -0.2) is 39.4 Å². The Morgan fingerprint density at radius 1 is 1.11 bits per heavy atom. The molecule has 1 aliphatic rings. The lowest BCUT2D eigenvalue weighted by molar-refractivity contribution is -0.121. The topological polar surface area (TPSA) is 88.1 Å². The molecule has 0 spiro atoms. The number of carbonyl (C=O) groups is 1. The van der Waals surface area contributed by atoms with Gasteiger partial charge in [-0.05, 0) is 56.9 Å². The van der Waals surface area contributed by atoms with Crippen LogP contribution < -0.4 is 14.5 Å². The molecule has 0 aromatic heterocycles. The summed E-state index contributed by atoms with van der Waals surface area (Å²) in [5.74, 6) is 0.158. The molecule has 1 atom stereocenters. The Morgan fingerprint density at radius 2 is 1.67 bits per heavy atom. The van der Waals surface area contributed by atoms with E-state index in [0.29, 0.717) is 11.4 Å². The minimum Gasteiger partial charge on any atom is -0.497 e. The summed E-state index contributed by atoms with van der Waals surface area (Å²) >= 11 is 0. The van der Waals surface area contributed by atoms with Crippen LogP contribution in [0.15, 0.2) is 29.4 Å². The maximum absolute atomic E-state index is 12.6. The molecule has 1 N–H and O–H groups in total. The maximum Gasteiger partial charge on any atom is 0.263 e. The van der Waals surface area contributed by atoms with Crippen molar-refractivity contribution in [1.29, 1.82) is 0 Å². The Balaban J connectivity index is 2.13. The van der Waals surface area contributed by atoms with E-state index in [0.717, 1.165) is 42.0 Å². The summed E-state index contributed by atoms with van der Waals surface area (Å²) < 4.78 is 30.8. The molecule has 2 rings (SSSR count). The summed E-state index contributed by atoms with van der Waals surface area (Å²) in [5.41, 5.74) is 3.94. The van der Waals surface area contributed by atoms with Gasteiger partial charge in [0.1, 0.15) is 11.8 Å². The summed E-state index contributed by atoms with van der Waals surface area (Å²) in [6.07, 6.45) is 8.61. The van der Waals surface area contributed by atoms with Crippen LogP contribution in [0, 0.1) is 0 Å². The normalized spacial score (nSPS) is 16.6. The molecule has 0 bridgehead atoms. The lowest BCUT2D eigenvalue weighted by atomic mass is 9.99. The minimum atomic E-state index is -3.65. The highest BCUT2D eigenvalue weighted by Crippen LogP contribution is 2.24. The molecule has 0 unspecified atom stereocenters. The molecule has 0 saturated heterocycles. The third-order valence-electron chi connectivity index (χ3n) is 4.67. The van der Waals surface area contributed by atoms with E-state index in [1.54, 1.807) is 31.2 Å². The van der Waals surface area contributed by atoms with Crippen LogP contribution in [-0.2, 0) is 14.8 Å². The average molecular weight is 396 g/mol. The fourth-order valence-corrected chi connectivity index (χ4v) is 4.37. The Hall–Kier alpha value is -2.09. The van der Waals surface area contributed by atoms with Crippen molar-refractivity contribution in [3.63, 3.8) is 0 Å². The molecule has 1 aromatic rings. The van der Waals surface area contributed by atoms with Crippen LogP contribution in [0.1, 0.15) is 51.9 Å². The van der Waals surface area contributed by atoms with Crippen LogP contribution in [0.4, 0.5) is 5.69 Å². The fourth-order valence-electron chi connectivity index (χ4n) is 3.19. The second-order valence-electron chi connectivity index (χ2n) is 6.85. The van der Waals surface area contributed by atoms with E-state index in [4.69, 9.17) is 4.74 Å². The molecule has 7 nitrogen and oxygen atoms in total. The highest BCUT2D eigenvalue weighted by molar-refractivity contribution is 7.92. The number of hydrogen-bond acceptors (Lipinski definition) is 5. The van der Waals surface area contributed by atoms with Crippen molar-refractivity contribution in [2.75, 3.05) is 17.7 Å². The maximum atomic E-state index is 12.6. The number of methoxy groups -OCH3 is 1. The lowest BCUT2D eigenvalue weighted by Gasteiger charge is -2.27. The van der Waals surface area contributed by atoms with E-state index in [9.17, 15) is 13.2 Å². The highest BCUT2D eigenvalue weighted by atomic mass is 32.2. The number of ether oxygens (including phenoxy) is 1. The number of carbonyl (C=O) groups excluding carboxylic acids is 1. The number of nitrogens with one attached hydrogen (secondary N) is 1. The predicted molar refractivity (Wildman–Crippen MR) is 108 cm³/mol. The van der Waals surface area contributed by atoms with Gasteiger partial charge in [-0.15, -0.1) is 0 Å². The van der Waals surface area contributed by atoms with E-state index in [1.165, 1.54) is 26.4 Å². The molecule has 1 aromatic carbocycles. The van der Waals surface area contributed by atoms with E-state index < -0.39 is 22.0 Å². The molecule has 1 amide bonds. The zero-order valence-corrected chi connectivity index (χ0v) is 17.1. The van der Waals surface area contributed by atoms with Gasteiger partial charge in [0.15, 0.2) is 0 Å². The number of hydrogen-bond donors (Lipinski definition) is 1. The summed E-state index contributed by atoms with van der Waals surface area (Å²) in [6.45, 7) is 1.55. The van der Waals surface area contributed by atoms with Crippen molar-refractivity contribution in [3.8, 4) is 5.75 Å². The molecule has 8 heteroatoms. The third kappa shape index (κ3) is 6.23. The van der Waals surface area contributed by atoms with E-state index in [2.05, 4.69) is 10.5 Å². The monoisotopic (exact) mass is 395 g/mol. The zero-order valence-electron chi connectivity index (χ0n) is 16.3. The van der Waals surface area contributed by atoms with Gasteiger partial charge in [-0.25, -0.2) is 13.8 Å². The Bertz CT molecular complexity index is 750. The SMILES string of the molecule is COc1ccc(N([C@H](C)C(=O)NN=C2CCCCCCC2)S(C)(=O)=O)cc1. The molecule has 0 heterocycles. The number of rotatable bonds is 6. The van der Waals surface area contributed by atoms with Gasteiger partial charge in [0.2, 0.25) is 10.0 Å². The number of nitrogens with zero attached hydrogens (tertiary/aromatic N) is 2. The van der Waals surface area contributed by atoms with Crippen LogP contribution in [0.5, 0.6) is 5.75 Å². The highest BCUT2D eigenvalue weighted by Gasteiger charge is 2.29. The van der Waals surface area contributed by atoms with Gasteiger partial charge in [0.05, 0.1) is 19.1 Å². The predicted octanol–water partition coefficient (Wildman–Crippen LogP) is 3.07. The van der Waals surface area contributed by atoms with Crippen molar-refractivity contribution < 1.29 is 17.9 Å². The van der Waals surface area contributed by atoms with Crippen molar-refractivity contribution in [1.82, 2.24) is 5.43 Å². The molecule has 150 valence electrons. The first-order valence-corrected chi connectivity index (χ1v) is 11.2. The summed E-state index contributed by atoms with van der Waals surface area (Å²) in [6, 6.07) is 5.63. The van der Waals surface area contributed by atoms with E-state index >= 15 is 0 Å². The van der Waals surface area contributed by atoms with E-state index in [-0.39, 0.29) is 0 Å².